The van der Waals surface area contributed by atoms with Crippen LogP contribution in [0, 0.1) is 5.92 Å². The Balaban J connectivity index is 2.15. The summed E-state index contributed by atoms with van der Waals surface area (Å²) in [5, 5.41) is 3.44. The van der Waals surface area contributed by atoms with Crippen molar-refractivity contribution in [1.29, 1.82) is 0 Å². The normalized spacial score (nSPS) is 10.9. The topological polar surface area (TPSA) is 24.9 Å². The molecule has 0 aliphatic heterocycles. The van der Waals surface area contributed by atoms with Gasteiger partial charge >= 0.3 is 0 Å². The lowest BCUT2D eigenvalue weighted by molar-refractivity contribution is 0.543. The van der Waals surface area contributed by atoms with Gasteiger partial charge in [0, 0.05) is 16.9 Å². The zero-order valence-corrected chi connectivity index (χ0v) is 11.0. The van der Waals surface area contributed by atoms with Crippen molar-refractivity contribution in [2.75, 3.05) is 13.1 Å². The summed E-state index contributed by atoms with van der Waals surface area (Å²) >= 11 is 3.43. The predicted molar refractivity (Wildman–Crippen MR) is 68.0 cm³/mol. The number of nitrogens with zero attached hydrogens (tertiary/aromatic N) is 1. The summed E-state index contributed by atoms with van der Waals surface area (Å²) in [4.78, 5) is 4.14. The van der Waals surface area contributed by atoms with Gasteiger partial charge in [-0.3, -0.25) is 4.98 Å². The summed E-state index contributed by atoms with van der Waals surface area (Å²) in [6.07, 6.45) is 6.02. The molecule has 0 radical (unpaired) electrons. The lowest BCUT2D eigenvalue weighted by Gasteiger charge is -2.07. The molecule has 1 heterocycles. The van der Waals surface area contributed by atoms with Gasteiger partial charge in [0.15, 0.2) is 0 Å². The van der Waals surface area contributed by atoms with Crippen molar-refractivity contribution < 1.29 is 0 Å². The van der Waals surface area contributed by atoms with E-state index in [9.17, 15) is 0 Å². The molecular formula is C12H19BrN2. The first-order chi connectivity index (χ1) is 7.18. The molecule has 1 aromatic heterocycles. The third-order valence-electron chi connectivity index (χ3n) is 2.13. The molecule has 0 spiro atoms. The molecule has 0 aliphatic rings. The van der Waals surface area contributed by atoms with Crippen LogP contribution in [0.15, 0.2) is 22.9 Å². The highest BCUT2D eigenvalue weighted by molar-refractivity contribution is 9.10. The smallest absolute Gasteiger partial charge is 0.0410 e. The monoisotopic (exact) mass is 270 g/mol. The Kier molecular flexibility index (Phi) is 5.88. The molecule has 0 saturated carbocycles. The number of hydrogen-bond acceptors (Lipinski definition) is 2. The molecule has 84 valence electrons. The molecule has 0 saturated heterocycles. The van der Waals surface area contributed by atoms with Crippen molar-refractivity contribution in [2.24, 2.45) is 5.92 Å². The van der Waals surface area contributed by atoms with Crippen LogP contribution in [0.3, 0.4) is 0 Å². The summed E-state index contributed by atoms with van der Waals surface area (Å²) in [5.74, 6) is 0.734. The standard InChI is InChI=1S/C12H19BrN2/c1-10(2)7-14-5-3-4-11-6-12(13)9-15-8-11/h6,8-10,14H,3-5,7H2,1-2H3. The average molecular weight is 271 g/mol. The summed E-state index contributed by atoms with van der Waals surface area (Å²) in [6.45, 7) is 6.65. The van der Waals surface area contributed by atoms with Crippen LogP contribution in [0.5, 0.6) is 0 Å². The van der Waals surface area contributed by atoms with Crippen LogP contribution in [0.2, 0.25) is 0 Å². The number of aryl methyl sites for hydroxylation is 1. The third kappa shape index (κ3) is 5.90. The number of halogens is 1. The Labute approximate surface area is 101 Å². The molecule has 0 atom stereocenters. The van der Waals surface area contributed by atoms with E-state index in [2.05, 4.69) is 46.1 Å². The van der Waals surface area contributed by atoms with E-state index < -0.39 is 0 Å². The van der Waals surface area contributed by atoms with Crippen molar-refractivity contribution in [2.45, 2.75) is 26.7 Å². The van der Waals surface area contributed by atoms with E-state index in [-0.39, 0.29) is 0 Å². The van der Waals surface area contributed by atoms with Gasteiger partial charge in [0.2, 0.25) is 0 Å². The number of nitrogens with one attached hydrogen (secondary N) is 1. The molecule has 1 aromatic rings. The molecule has 0 aliphatic carbocycles. The van der Waals surface area contributed by atoms with Crippen molar-refractivity contribution in [3.63, 3.8) is 0 Å². The van der Waals surface area contributed by atoms with Gasteiger partial charge in [-0.15, -0.1) is 0 Å². The first-order valence-corrected chi connectivity index (χ1v) is 6.28. The molecule has 1 N–H and O–H groups in total. The van der Waals surface area contributed by atoms with Crippen molar-refractivity contribution >= 4 is 15.9 Å². The van der Waals surface area contributed by atoms with Gasteiger partial charge in [-0.1, -0.05) is 13.8 Å². The first-order valence-electron chi connectivity index (χ1n) is 5.48. The molecule has 2 nitrogen and oxygen atoms in total. The maximum absolute atomic E-state index is 4.14. The number of aromatic nitrogens is 1. The highest BCUT2D eigenvalue weighted by Crippen LogP contribution is 2.10. The number of pyridine rings is 1. The Hall–Kier alpha value is -0.410. The van der Waals surface area contributed by atoms with Gasteiger partial charge in [0.05, 0.1) is 0 Å². The van der Waals surface area contributed by atoms with Crippen molar-refractivity contribution in [3.8, 4) is 0 Å². The quantitative estimate of drug-likeness (QED) is 0.804. The van der Waals surface area contributed by atoms with Gasteiger partial charge in [0.1, 0.15) is 0 Å². The summed E-state index contributed by atoms with van der Waals surface area (Å²) in [7, 11) is 0. The van der Waals surface area contributed by atoms with E-state index in [0.717, 1.165) is 29.9 Å². The molecule has 0 bridgehead atoms. The molecule has 0 aromatic carbocycles. The van der Waals surface area contributed by atoms with Crippen LogP contribution in [-0.2, 0) is 6.42 Å². The molecular weight excluding hydrogens is 252 g/mol. The van der Waals surface area contributed by atoms with Crippen LogP contribution in [-0.4, -0.2) is 18.1 Å². The summed E-state index contributed by atoms with van der Waals surface area (Å²) < 4.78 is 1.06. The van der Waals surface area contributed by atoms with E-state index in [1.165, 1.54) is 12.0 Å². The van der Waals surface area contributed by atoms with E-state index in [1.807, 2.05) is 12.4 Å². The number of rotatable bonds is 6. The van der Waals surface area contributed by atoms with Crippen molar-refractivity contribution in [3.05, 3.63) is 28.5 Å². The van der Waals surface area contributed by atoms with Gasteiger partial charge < -0.3 is 5.32 Å². The Morgan fingerprint density at radius 2 is 2.20 bits per heavy atom. The van der Waals surface area contributed by atoms with Crippen LogP contribution in [0.1, 0.15) is 25.8 Å². The third-order valence-corrected chi connectivity index (χ3v) is 2.57. The van der Waals surface area contributed by atoms with Crippen LogP contribution in [0.4, 0.5) is 0 Å². The van der Waals surface area contributed by atoms with Crippen LogP contribution < -0.4 is 5.32 Å². The maximum Gasteiger partial charge on any atom is 0.0410 e. The van der Waals surface area contributed by atoms with Gasteiger partial charge in [-0.2, -0.15) is 0 Å². The lowest BCUT2D eigenvalue weighted by Crippen LogP contribution is -2.21. The molecule has 0 amide bonds. The van der Waals surface area contributed by atoms with Gasteiger partial charge in [-0.05, 0) is 59.4 Å². The molecule has 3 heteroatoms. The van der Waals surface area contributed by atoms with Crippen LogP contribution >= 0.6 is 15.9 Å². The minimum Gasteiger partial charge on any atom is -0.316 e. The minimum atomic E-state index is 0.734. The Morgan fingerprint density at radius 3 is 2.87 bits per heavy atom. The largest absolute Gasteiger partial charge is 0.316 e. The average Bonchev–Trinajstić information content (AvgIpc) is 2.17. The summed E-state index contributed by atoms with van der Waals surface area (Å²) in [5.41, 5.74) is 1.30. The molecule has 15 heavy (non-hydrogen) atoms. The second-order valence-corrected chi connectivity index (χ2v) is 5.13. The summed E-state index contributed by atoms with van der Waals surface area (Å²) in [6, 6.07) is 2.13. The number of hydrogen-bond donors (Lipinski definition) is 1. The van der Waals surface area contributed by atoms with Crippen molar-refractivity contribution in [1.82, 2.24) is 10.3 Å². The second kappa shape index (κ2) is 6.96. The fourth-order valence-electron chi connectivity index (χ4n) is 1.40. The zero-order chi connectivity index (χ0) is 11.1. The molecule has 0 unspecified atom stereocenters. The van der Waals surface area contributed by atoms with E-state index in [0.29, 0.717) is 0 Å². The first kappa shape index (κ1) is 12.7. The van der Waals surface area contributed by atoms with Crippen LogP contribution in [0.25, 0.3) is 0 Å². The SMILES string of the molecule is CC(C)CNCCCc1cncc(Br)c1. The van der Waals surface area contributed by atoms with E-state index in [4.69, 9.17) is 0 Å². The lowest BCUT2D eigenvalue weighted by atomic mass is 10.1. The maximum atomic E-state index is 4.14. The second-order valence-electron chi connectivity index (χ2n) is 4.21. The Morgan fingerprint density at radius 1 is 1.40 bits per heavy atom. The molecule has 1 rings (SSSR count). The highest BCUT2D eigenvalue weighted by Gasteiger charge is 1.96. The zero-order valence-electron chi connectivity index (χ0n) is 9.46. The van der Waals surface area contributed by atoms with Gasteiger partial charge in [0.25, 0.3) is 0 Å². The van der Waals surface area contributed by atoms with E-state index in [1.54, 1.807) is 0 Å². The predicted octanol–water partition coefficient (Wildman–Crippen LogP) is 3.02. The van der Waals surface area contributed by atoms with Gasteiger partial charge in [-0.25, -0.2) is 0 Å². The fourth-order valence-corrected chi connectivity index (χ4v) is 1.81. The highest BCUT2D eigenvalue weighted by atomic mass is 79.9. The van der Waals surface area contributed by atoms with E-state index >= 15 is 0 Å². The molecule has 0 fully saturated rings. The minimum absolute atomic E-state index is 0.734. The fraction of sp³-hybridized carbons (Fsp3) is 0.583. The Bertz CT molecular complexity index is 287.